The maximum absolute atomic E-state index is 11.6. The first kappa shape index (κ1) is 12.0. The van der Waals surface area contributed by atoms with Crippen LogP contribution in [0, 0.1) is 6.92 Å². The molecule has 0 saturated carbocycles. The Kier molecular flexibility index (Phi) is 4.55. The lowest BCUT2D eigenvalue weighted by Crippen LogP contribution is -2.09. The number of rotatable bonds is 5. The van der Waals surface area contributed by atoms with Crippen molar-refractivity contribution in [1.29, 1.82) is 0 Å². The molecule has 0 aliphatic heterocycles. The van der Waals surface area contributed by atoms with E-state index in [-0.39, 0.29) is 5.97 Å². The fourth-order valence-electron chi connectivity index (χ4n) is 1.17. The van der Waals surface area contributed by atoms with Gasteiger partial charge in [0.05, 0.1) is 12.3 Å². The summed E-state index contributed by atoms with van der Waals surface area (Å²) in [5.41, 5.74) is 1.31. The van der Waals surface area contributed by atoms with Crippen LogP contribution in [0.1, 0.15) is 36.3 Å². The molecule has 1 aromatic rings. The Morgan fingerprint density at radius 1 is 1.53 bits per heavy atom. The zero-order chi connectivity index (χ0) is 11.3. The van der Waals surface area contributed by atoms with E-state index in [4.69, 9.17) is 4.74 Å². The minimum Gasteiger partial charge on any atom is -0.462 e. The molecule has 1 N–H and O–H groups in total. The molecule has 0 saturated heterocycles. The van der Waals surface area contributed by atoms with E-state index in [1.54, 1.807) is 6.92 Å². The van der Waals surface area contributed by atoms with Crippen LogP contribution in [-0.4, -0.2) is 23.5 Å². The van der Waals surface area contributed by atoms with Crippen LogP contribution in [0.3, 0.4) is 0 Å². The Morgan fingerprint density at radius 3 is 2.87 bits per heavy atom. The lowest BCUT2D eigenvalue weighted by atomic mass is 10.2. The topological polar surface area (TPSA) is 51.2 Å². The molecule has 1 aromatic heterocycles. The summed E-state index contributed by atoms with van der Waals surface area (Å²) in [5, 5.41) is 3.99. The van der Waals surface area contributed by atoms with Crippen molar-refractivity contribution in [3.05, 3.63) is 11.3 Å². The van der Waals surface area contributed by atoms with Gasteiger partial charge in [-0.05, 0) is 31.8 Å². The molecule has 0 radical (unpaired) electrons. The summed E-state index contributed by atoms with van der Waals surface area (Å²) in [7, 11) is 0. The molecule has 0 aromatic carbocycles. The lowest BCUT2D eigenvalue weighted by molar-refractivity contribution is 0.0527. The Morgan fingerprint density at radius 2 is 2.27 bits per heavy atom. The summed E-state index contributed by atoms with van der Waals surface area (Å²) in [6, 6.07) is 0. The molecule has 4 nitrogen and oxygen atoms in total. The van der Waals surface area contributed by atoms with Gasteiger partial charge in [0.2, 0.25) is 0 Å². The van der Waals surface area contributed by atoms with Crippen LogP contribution < -0.4 is 5.32 Å². The number of ether oxygens (including phenoxy) is 1. The fraction of sp³-hybridized carbons (Fsp3) is 0.600. The van der Waals surface area contributed by atoms with E-state index in [9.17, 15) is 4.79 Å². The minimum atomic E-state index is -0.289. The number of hydrogen-bond acceptors (Lipinski definition) is 5. The highest BCUT2D eigenvalue weighted by Gasteiger charge is 2.18. The van der Waals surface area contributed by atoms with Crippen molar-refractivity contribution in [1.82, 2.24) is 4.37 Å². The Labute approximate surface area is 93.8 Å². The van der Waals surface area contributed by atoms with Crippen molar-refractivity contribution in [3.8, 4) is 0 Å². The van der Waals surface area contributed by atoms with Crippen LogP contribution in [0.2, 0.25) is 0 Å². The van der Waals surface area contributed by atoms with E-state index in [2.05, 4.69) is 16.6 Å². The molecule has 1 rings (SSSR count). The third kappa shape index (κ3) is 2.92. The molecule has 0 unspecified atom stereocenters. The van der Waals surface area contributed by atoms with Crippen molar-refractivity contribution < 1.29 is 9.53 Å². The SMILES string of the molecule is CCCNc1snc(C)c1C(=O)OCC. The average molecular weight is 228 g/mol. The van der Waals surface area contributed by atoms with Gasteiger partial charge in [0.1, 0.15) is 10.6 Å². The molecule has 0 aliphatic carbocycles. The molecule has 0 aliphatic rings. The van der Waals surface area contributed by atoms with Gasteiger partial charge in [-0.3, -0.25) is 0 Å². The highest BCUT2D eigenvalue weighted by Crippen LogP contribution is 2.25. The third-order valence-electron chi connectivity index (χ3n) is 1.88. The predicted molar refractivity (Wildman–Crippen MR) is 61.6 cm³/mol. The fourth-order valence-corrected chi connectivity index (χ4v) is 1.98. The maximum Gasteiger partial charge on any atom is 0.343 e. The summed E-state index contributed by atoms with van der Waals surface area (Å²) < 4.78 is 9.13. The van der Waals surface area contributed by atoms with Crippen molar-refractivity contribution in [2.75, 3.05) is 18.5 Å². The molecule has 0 spiro atoms. The molecule has 5 heteroatoms. The van der Waals surface area contributed by atoms with Crippen LogP contribution in [-0.2, 0) is 4.74 Å². The number of aryl methyl sites for hydroxylation is 1. The number of hydrogen-bond donors (Lipinski definition) is 1. The molecule has 0 bridgehead atoms. The molecule has 84 valence electrons. The van der Waals surface area contributed by atoms with Gasteiger partial charge in [-0.2, -0.15) is 4.37 Å². The number of carbonyl (C=O) groups is 1. The summed E-state index contributed by atoms with van der Waals surface area (Å²) in [5.74, 6) is -0.289. The quantitative estimate of drug-likeness (QED) is 0.786. The Balaban J connectivity index is 2.83. The standard InChI is InChI=1S/C10H16N2O2S/c1-4-6-11-9-8(7(3)12-15-9)10(13)14-5-2/h11H,4-6H2,1-3H3. The Hall–Kier alpha value is -1.10. The first-order valence-electron chi connectivity index (χ1n) is 5.07. The number of carbonyl (C=O) groups excluding carboxylic acids is 1. The first-order valence-corrected chi connectivity index (χ1v) is 5.85. The lowest BCUT2D eigenvalue weighted by Gasteiger charge is -2.05. The van der Waals surface area contributed by atoms with E-state index in [0.29, 0.717) is 12.2 Å². The van der Waals surface area contributed by atoms with Gasteiger partial charge in [0.15, 0.2) is 0 Å². The van der Waals surface area contributed by atoms with E-state index < -0.39 is 0 Å². The highest BCUT2D eigenvalue weighted by atomic mass is 32.1. The van der Waals surface area contributed by atoms with E-state index in [1.165, 1.54) is 11.5 Å². The van der Waals surface area contributed by atoms with Gasteiger partial charge >= 0.3 is 5.97 Å². The molecule has 15 heavy (non-hydrogen) atoms. The zero-order valence-electron chi connectivity index (χ0n) is 9.29. The Bertz CT molecular complexity index is 336. The second kappa shape index (κ2) is 5.70. The van der Waals surface area contributed by atoms with Gasteiger partial charge in [-0.1, -0.05) is 6.92 Å². The molecule has 0 amide bonds. The maximum atomic E-state index is 11.6. The first-order chi connectivity index (χ1) is 7.20. The van der Waals surface area contributed by atoms with Crippen LogP contribution in [0.4, 0.5) is 5.00 Å². The smallest absolute Gasteiger partial charge is 0.343 e. The zero-order valence-corrected chi connectivity index (χ0v) is 10.1. The van der Waals surface area contributed by atoms with Crippen LogP contribution in [0.15, 0.2) is 0 Å². The molecular formula is C10H16N2O2S. The third-order valence-corrected chi connectivity index (χ3v) is 2.77. The van der Waals surface area contributed by atoms with Crippen LogP contribution in [0.25, 0.3) is 0 Å². The van der Waals surface area contributed by atoms with Gasteiger partial charge in [-0.15, -0.1) is 0 Å². The predicted octanol–water partition coefficient (Wildman–Crippen LogP) is 2.45. The van der Waals surface area contributed by atoms with Crippen molar-refractivity contribution >= 4 is 22.5 Å². The minimum absolute atomic E-state index is 0.289. The van der Waals surface area contributed by atoms with Crippen LogP contribution >= 0.6 is 11.5 Å². The summed E-state index contributed by atoms with van der Waals surface area (Å²) in [6.07, 6.45) is 1.01. The molecule has 0 atom stereocenters. The van der Waals surface area contributed by atoms with Gasteiger partial charge in [0, 0.05) is 6.54 Å². The number of nitrogens with one attached hydrogen (secondary N) is 1. The van der Waals surface area contributed by atoms with Crippen LogP contribution in [0.5, 0.6) is 0 Å². The average Bonchev–Trinajstić information content (AvgIpc) is 2.57. The second-order valence-electron chi connectivity index (χ2n) is 3.12. The summed E-state index contributed by atoms with van der Waals surface area (Å²) >= 11 is 1.31. The van der Waals surface area contributed by atoms with Gasteiger partial charge in [-0.25, -0.2) is 4.79 Å². The monoisotopic (exact) mass is 228 g/mol. The largest absolute Gasteiger partial charge is 0.462 e. The summed E-state index contributed by atoms with van der Waals surface area (Å²) in [6.45, 7) is 6.92. The van der Waals surface area contributed by atoms with Gasteiger partial charge < -0.3 is 10.1 Å². The molecule has 0 fully saturated rings. The highest BCUT2D eigenvalue weighted by molar-refractivity contribution is 7.10. The molecular weight excluding hydrogens is 212 g/mol. The number of anilines is 1. The normalized spacial score (nSPS) is 10.1. The van der Waals surface area contributed by atoms with Gasteiger partial charge in [0.25, 0.3) is 0 Å². The van der Waals surface area contributed by atoms with Crippen molar-refractivity contribution in [3.63, 3.8) is 0 Å². The van der Waals surface area contributed by atoms with Crippen molar-refractivity contribution in [2.45, 2.75) is 27.2 Å². The number of aromatic nitrogens is 1. The number of nitrogens with zero attached hydrogens (tertiary/aromatic N) is 1. The second-order valence-corrected chi connectivity index (χ2v) is 3.89. The van der Waals surface area contributed by atoms with E-state index in [0.717, 1.165) is 23.7 Å². The number of esters is 1. The summed E-state index contributed by atoms with van der Waals surface area (Å²) in [4.78, 5) is 11.6. The van der Waals surface area contributed by atoms with Crippen molar-refractivity contribution in [2.24, 2.45) is 0 Å². The molecule has 1 heterocycles. The van der Waals surface area contributed by atoms with E-state index in [1.807, 2.05) is 6.92 Å². The van der Waals surface area contributed by atoms with E-state index >= 15 is 0 Å².